The Bertz CT molecular complexity index is 648. The average molecular weight is 318 g/mol. The number of rotatable bonds is 3. The van der Waals surface area contributed by atoms with Crippen LogP contribution < -0.4 is 0 Å². The van der Waals surface area contributed by atoms with Gasteiger partial charge in [0.05, 0.1) is 10.3 Å². The molecule has 0 fully saturated rings. The van der Waals surface area contributed by atoms with Crippen LogP contribution in [0.25, 0.3) is 10.9 Å². The first kappa shape index (κ1) is 11.9. The number of hydrogen-bond donors (Lipinski definition) is 0. The lowest BCUT2D eigenvalue weighted by molar-refractivity contribution is 0.929. The van der Waals surface area contributed by atoms with E-state index in [1.807, 2.05) is 12.1 Å². The lowest BCUT2D eigenvalue weighted by Crippen LogP contribution is -1.96. The smallest absolute Gasteiger partial charge is 0.0705 e. The fraction of sp³-hybridized carbons (Fsp3) is 0.133. The highest BCUT2D eigenvalue weighted by molar-refractivity contribution is 9.09. The van der Waals surface area contributed by atoms with Crippen molar-refractivity contribution in [1.82, 2.24) is 4.98 Å². The summed E-state index contributed by atoms with van der Waals surface area (Å²) in [5.74, 6) is 0. The summed E-state index contributed by atoms with van der Waals surface area (Å²) >= 11 is 5.52. The van der Waals surface area contributed by atoms with Gasteiger partial charge in [-0.05, 0) is 23.6 Å². The maximum Gasteiger partial charge on any atom is 0.0705 e. The van der Waals surface area contributed by atoms with Crippen LogP contribution in [0, 0.1) is 0 Å². The number of halogens is 1. The van der Waals surface area contributed by atoms with E-state index in [9.17, 15) is 0 Å². The number of benzene rings is 1. The Morgan fingerprint density at radius 1 is 1.06 bits per heavy atom. The second kappa shape index (κ2) is 5.21. The molecule has 2 heterocycles. The molecule has 1 atom stereocenters. The topological polar surface area (TPSA) is 12.9 Å². The van der Waals surface area contributed by atoms with E-state index >= 15 is 0 Å². The molecule has 1 nitrogen and oxygen atoms in total. The number of nitrogens with zero attached hydrogens (tertiary/aromatic N) is 1. The lowest BCUT2D eigenvalue weighted by atomic mass is 10.1. The fourth-order valence-corrected chi connectivity index (χ4v) is 3.49. The van der Waals surface area contributed by atoms with Crippen molar-refractivity contribution in [3.05, 3.63) is 64.5 Å². The molecule has 3 heteroatoms. The Morgan fingerprint density at radius 3 is 2.78 bits per heavy atom. The van der Waals surface area contributed by atoms with Gasteiger partial charge < -0.3 is 0 Å². The lowest BCUT2D eigenvalue weighted by Gasteiger charge is -2.07. The van der Waals surface area contributed by atoms with E-state index in [2.05, 4.69) is 57.7 Å². The molecule has 0 spiro atoms. The van der Waals surface area contributed by atoms with E-state index in [4.69, 9.17) is 4.98 Å². The van der Waals surface area contributed by atoms with E-state index in [1.54, 1.807) is 11.3 Å². The number of para-hydroxylation sites is 1. The monoisotopic (exact) mass is 317 g/mol. The van der Waals surface area contributed by atoms with E-state index in [1.165, 1.54) is 10.3 Å². The second-order valence-electron chi connectivity index (χ2n) is 4.18. The molecule has 1 unspecified atom stereocenters. The molecule has 1 aromatic carbocycles. The second-order valence-corrected chi connectivity index (χ2v) is 6.27. The van der Waals surface area contributed by atoms with E-state index < -0.39 is 0 Å². The highest BCUT2D eigenvalue weighted by Gasteiger charge is 2.10. The van der Waals surface area contributed by atoms with E-state index in [-0.39, 0.29) is 0 Å². The van der Waals surface area contributed by atoms with Crippen LogP contribution in [0.3, 0.4) is 0 Å². The summed E-state index contributed by atoms with van der Waals surface area (Å²) < 4.78 is 0. The number of thiophene rings is 1. The van der Waals surface area contributed by atoms with E-state index in [0.717, 1.165) is 17.6 Å². The van der Waals surface area contributed by atoms with Gasteiger partial charge in [0.15, 0.2) is 0 Å². The molecule has 2 aromatic heterocycles. The SMILES string of the molecule is BrC(Cc1ccc2ccccc2n1)c1cccs1. The average Bonchev–Trinajstić information content (AvgIpc) is 2.92. The number of fused-ring (bicyclic) bond motifs is 1. The van der Waals surface area contributed by atoms with Crippen LogP contribution >= 0.6 is 27.3 Å². The zero-order chi connectivity index (χ0) is 12.4. The van der Waals surface area contributed by atoms with Gasteiger partial charge in [0.1, 0.15) is 0 Å². The van der Waals surface area contributed by atoms with Gasteiger partial charge >= 0.3 is 0 Å². The van der Waals surface area contributed by atoms with Crippen LogP contribution in [0.1, 0.15) is 15.4 Å². The largest absolute Gasteiger partial charge is 0.253 e. The minimum absolute atomic E-state index is 0.353. The zero-order valence-electron chi connectivity index (χ0n) is 9.71. The molecule has 0 saturated heterocycles. The minimum atomic E-state index is 0.353. The molecule has 3 rings (SSSR count). The highest BCUT2D eigenvalue weighted by Crippen LogP contribution is 2.30. The first-order valence-electron chi connectivity index (χ1n) is 5.85. The van der Waals surface area contributed by atoms with Crippen molar-refractivity contribution < 1.29 is 0 Å². The van der Waals surface area contributed by atoms with Gasteiger partial charge in [0.2, 0.25) is 0 Å². The molecular formula is C15H12BrNS. The summed E-state index contributed by atoms with van der Waals surface area (Å²) in [6.07, 6.45) is 0.922. The van der Waals surface area contributed by atoms with Gasteiger partial charge in [-0.3, -0.25) is 4.98 Å². The molecule has 18 heavy (non-hydrogen) atoms. The summed E-state index contributed by atoms with van der Waals surface area (Å²) in [4.78, 5) is 6.40. The molecule has 0 amide bonds. The van der Waals surface area contributed by atoms with Crippen LogP contribution in [-0.2, 0) is 6.42 Å². The molecule has 0 aliphatic carbocycles. The van der Waals surface area contributed by atoms with Gasteiger partial charge in [-0.2, -0.15) is 0 Å². The Balaban J connectivity index is 1.86. The molecule has 0 aliphatic rings. The predicted octanol–water partition coefficient (Wildman–Crippen LogP) is 4.98. The summed E-state index contributed by atoms with van der Waals surface area (Å²) in [6.45, 7) is 0. The quantitative estimate of drug-likeness (QED) is 0.621. The van der Waals surface area contributed by atoms with Crippen LogP contribution in [0.5, 0.6) is 0 Å². The summed E-state index contributed by atoms with van der Waals surface area (Å²) in [6, 6.07) is 16.7. The van der Waals surface area contributed by atoms with Crippen LogP contribution in [0.4, 0.5) is 0 Å². The Kier molecular flexibility index (Phi) is 3.43. The maximum atomic E-state index is 4.70. The van der Waals surface area contributed by atoms with Crippen molar-refractivity contribution in [3.63, 3.8) is 0 Å². The first-order chi connectivity index (χ1) is 8.83. The van der Waals surface area contributed by atoms with Gasteiger partial charge in [-0.1, -0.05) is 46.3 Å². The number of aromatic nitrogens is 1. The van der Waals surface area contributed by atoms with Crippen LogP contribution in [0.15, 0.2) is 53.9 Å². The molecule has 0 N–H and O–H groups in total. The molecular weight excluding hydrogens is 306 g/mol. The summed E-state index contributed by atoms with van der Waals surface area (Å²) in [5, 5.41) is 3.31. The van der Waals surface area contributed by atoms with Gasteiger partial charge in [-0.25, -0.2) is 0 Å². The van der Waals surface area contributed by atoms with Crippen molar-refractivity contribution in [1.29, 1.82) is 0 Å². The van der Waals surface area contributed by atoms with Crippen LogP contribution in [0.2, 0.25) is 0 Å². The molecule has 0 bridgehead atoms. The van der Waals surface area contributed by atoms with Gasteiger partial charge in [0.25, 0.3) is 0 Å². The highest BCUT2D eigenvalue weighted by atomic mass is 79.9. The molecule has 0 saturated carbocycles. The van der Waals surface area contributed by atoms with Gasteiger partial charge in [-0.15, -0.1) is 11.3 Å². The van der Waals surface area contributed by atoms with Crippen molar-refractivity contribution in [2.45, 2.75) is 11.2 Å². The molecule has 0 aliphatic heterocycles. The zero-order valence-corrected chi connectivity index (χ0v) is 12.1. The Labute approximate surface area is 119 Å². The summed E-state index contributed by atoms with van der Waals surface area (Å²) in [5.41, 5.74) is 2.20. The number of alkyl halides is 1. The Morgan fingerprint density at radius 2 is 1.94 bits per heavy atom. The number of pyridine rings is 1. The first-order valence-corrected chi connectivity index (χ1v) is 7.64. The number of hydrogen-bond acceptors (Lipinski definition) is 2. The van der Waals surface area contributed by atoms with E-state index in [0.29, 0.717) is 4.83 Å². The predicted molar refractivity (Wildman–Crippen MR) is 81.4 cm³/mol. The minimum Gasteiger partial charge on any atom is -0.253 e. The normalized spacial score (nSPS) is 12.7. The van der Waals surface area contributed by atoms with Crippen molar-refractivity contribution in [2.24, 2.45) is 0 Å². The molecule has 0 radical (unpaired) electrons. The fourth-order valence-electron chi connectivity index (χ4n) is 1.98. The third kappa shape index (κ3) is 2.47. The Hall–Kier alpha value is -1.19. The third-order valence-electron chi connectivity index (χ3n) is 2.90. The molecule has 90 valence electrons. The maximum absolute atomic E-state index is 4.70. The summed E-state index contributed by atoms with van der Waals surface area (Å²) in [7, 11) is 0. The van der Waals surface area contributed by atoms with Crippen LogP contribution in [-0.4, -0.2) is 4.98 Å². The standard InChI is InChI=1S/C15H12BrNS/c16-13(15-6-3-9-18-15)10-12-8-7-11-4-1-2-5-14(11)17-12/h1-9,13H,10H2. The van der Waals surface area contributed by atoms with Crippen molar-refractivity contribution in [2.75, 3.05) is 0 Å². The molecule has 3 aromatic rings. The van der Waals surface area contributed by atoms with Gasteiger partial charge in [0, 0.05) is 22.4 Å². The third-order valence-corrected chi connectivity index (χ3v) is 5.00. The van der Waals surface area contributed by atoms with Crippen molar-refractivity contribution in [3.8, 4) is 0 Å². The van der Waals surface area contributed by atoms with Crippen molar-refractivity contribution >= 4 is 38.2 Å².